The number of hydrogen-bond donors (Lipinski definition) is 1. The molecule has 4 rings (SSSR count). The molecule has 1 N–H and O–H groups in total. The summed E-state index contributed by atoms with van der Waals surface area (Å²) in [7, 11) is 0. The zero-order valence-corrected chi connectivity index (χ0v) is 24.1. The molecule has 1 atom stereocenters. The van der Waals surface area contributed by atoms with Crippen LogP contribution >= 0.6 is 6.89 Å². The average Bonchev–Trinajstić information content (AvgIpc) is 2.98. The van der Waals surface area contributed by atoms with Gasteiger partial charge in [0, 0.05) is 0 Å². The number of nitrogens with one attached hydrogen (secondary N) is 1. The van der Waals surface area contributed by atoms with Gasteiger partial charge < -0.3 is 14.8 Å². The van der Waals surface area contributed by atoms with E-state index in [9.17, 15) is 14.9 Å². The van der Waals surface area contributed by atoms with Crippen LogP contribution in [0.1, 0.15) is 39.5 Å². The van der Waals surface area contributed by atoms with Crippen LogP contribution in [-0.4, -0.2) is 43.0 Å². The number of unbranched alkanes of at least 4 members (excludes halogenated alkanes) is 1. The number of carbonyl (C=O) groups is 2. The standard InChI is InChI=1S/C33H37N2O4P/c1-3-5-21-29(35-32(37)39-25-33(4-2)23-38-24-33)31(36)30(22-34)40(26-15-9-6-10-16-26,27-17-11-7-12-18-27)28-19-13-8-14-20-28/h6-20,29H,3-5,21,23-25H2,1-2H3,(H,35,37)/t29-/m0/s1. The van der Waals surface area contributed by atoms with Crippen molar-refractivity contribution >= 4 is 40.0 Å². The SMILES string of the molecule is CCCC[C@H](NC(=O)OCC1(CC)COC1)C(=O)C(C#N)=P(c1ccccc1)(c1ccccc1)c1ccccc1. The first-order chi connectivity index (χ1) is 19.5. The summed E-state index contributed by atoms with van der Waals surface area (Å²) in [6.45, 7) is 2.53. The third-order valence-electron chi connectivity index (χ3n) is 7.64. The quantitative estimate of drug-likeness (QED) is 0.319. The number of carbonyl (C=O) groups excluding carboxylic acids is 2. The Kier molecular flexibility index (Phi) is 9.98. The molecule has 3 aromatic carbocycles. The Morgan fingerprint density at radius 2 is 1.43 bits per heavy atom. The molecule has 1 aliphatic heterocycles. The lowest BCUT2D eigenvalue weighted by molar-refractivity contribution is -0.139. The van der Waals surface area contributed by atoms with E-state index in [-0.39, 0.29) is 23.1 Å². The minimum absolute atomic E-state index is 0.162. The predicted octanol–water partition coefficient (Wildman–Crippen LogP) is 4.96. The van der Waals surface area contributed by atoms with Crippen LogP contribution in [0, 0.1) is 16.7 Å². The van der Waals surface area contributed by atoms with Gasteiger partial charge in [0.25, 0.3) is 0 Å². The number of alkyl carbamates (subject to hydrolysis) is 1. The summed E-state index contributed by atoms with van der Waals surface area (Å²) < 4.78 is 10.9. The number of Topliss-reactive ketones (excluding diaryl/α,β-unsaturated/α-hetero) is 1. The Balaban J connectivity index is 1.85. The summed E-state index contributed by atoms with van der Waals surface area (Å²) in [4.78, 5) is 27.5. The van der Waals surface area contributed by atoms with Crippen LogP contribution in [-0.2, 0) is 14.3 Å². The van der Waals surface area contributed by atoms with Crippen LogP contribution < -0.4 is 21.2 Å². The molecular formula is C33H37N2O4P. The molecule has 208 valence electrons. The van der Waals surface area contributed by atoms with Crippen molar-refractivity contribution < 1.29 is 19.1 Å². The number of nitrogens with zero attached hydrogens (tertiary/aromatic N) is 1. The van der Waals surface area contributed by atoms with Crippen molar-refractivity contribution in [3.8, 4) is 6.07 Å². The van der Waals surface area contributed by atoms with Crippen LogP contribution in [0.15, 0.2) is 91.0 Å². The van der Waals surface area contributed by atoms with Gasteiger partial charge in [-0.2, -0.15) is 5.26 Å². The number of nitriles is 1. The maximum Gasteiger partial charge on any atom is 0.407 e. The fraction of sp³-hybridized carbons (Fsp3) is 0.333. The van der Waals surface area contributed by atoms with Gasteiger partial charge in [-0.25, -0.2) is 4.79 Å². The monoisotopic (exact) mass is 556 g/mol. The van der Waals surface area contributed by atoms with E-state index in [1.54, 1.807) is 0 Å². The van der Waals surface area contributed by atoms with Gasteiger partial charge in [-0.05, 0) is 35.6 Å². The summed E-state index contributed by atoms with van der Waals surface area (Å²) in [5.74, 6) is -0.366. The van der Waals surface area contributed by atoms with Gasteiger partial charge in [0.1, 0.15) is 18.0 Å². The van der Waals surface area contributed by atoms with Gasteiger partial charge in [-0.15, -0.1) is 0 Å². The van der Waals surface area contributed by atoms with E-state index in [0.717, 1.165) is 35.2 Å². The van der Waals surface area contributed by atoms with Crippen molar-refractivity contribution in [3.05, 3.63) is 91.0 Å². The second-order valence-electron chi connectivity index (χ2n) is 10.3. The van der Waals surface area contributed by atoms with E-state index in [1.807, 2.05) is 105 Å². The maximum absolute atomic E-state index is 14.5. The first kappa shape index (κ1) is 29.3. The molecule has 0 bridgehead atoms. The predicted molar refractivity (Wildman–Crippen MR) is 162 cm³/mol. The van der Waals surface area contributed by atoms with Gasteiger partial charge in [-0.3, -0.25) is 4.79 Å². The maximum atomic E-state index is 14.5. The second kappa shape index (κ2) is 13.6. The molecule has 0 unspecified atom stereocenters. The van der Waals surface area contributed by atoms with Crippen molar-refractivity contribution in [3.63, 3.8) is 0 Å². The Bertz CT molecular complexity index is 1270. The molecule has 6 nitrogen and oxygen atoms in total. The number of ketones is 1. The van der Waals surface area contributed by atoms with E-state index in [0.29, 0.717) is 19.6 Å². The highest BCUT2D eigenvalue weighted by atomic mass is 31.2. The number of ether oxygens (including phenoxy) is 2. The first-order valence-corrected chi connectivity index (χ1v) is 15.7. The second-order valence-corrected chi connectivity index (χ2v) is 13.6. The summed E-state index contributed by atoms with van der Waals surface area (Å²) in [5.41, 5.74) is -0.168. The first-order valence-electron chi connectivity index (χ1n) is 13.9. The molecule has 3 aromatic rings. The number of hydrogen-bond acceptors (Lipinski definition) is 5. The Morgan fingerprint density at radius 1 is 0.925 bits per heavy atom. The van der Waals surface area contributed by atoms with E-state index in [2.05, 4.69) is 11.4 Å². The molecule has 0 radical (unpaired) electrons. The van der Waals surface area contributed by atoms with E-state index in [4.69, 9.17) is 9.47 Å². The molecule has 40 heavy (non-hydrogen) atoms. The molecule has 0 spiro atoms. The molecule has 1 fully saturated rings. The van der Waals surface area contributed by atoms with Crippen LogP contribution in [0.3, 0.4) is 0 Å². The highest BCUT2D eigenvalue weighted by molar-refractivity contribution is 7.97. The minimum Gasteiger partial charge on any atom is -0.449 e. The molecule has 1 heterocycles. The molecule has 1 saturated heterocycles. The number of benzene rings is 3. The normalized spacial score (nSPS) is 14.7. The largest absolute Gasteiger partial charge is 0.449 e. The van der Waals surface area contributed by atoms with Gasteiger partial charge in [0.05, 0.1) is 24.7 Å². The fourth-order valence-electron chi connectivity index (χ4n) is 5.11. The van der Waals surface area contributed by atoms with Crippen molar-refractivity contribution in [2.24, 2.45) is 5.41 Å². The van der Waals surface area contributed by atoms with Gasteiger partial charge >= 0.3 is 6.09 Å². The van der Waals surface area contributed by atoms with Crippen LogP contribution in [0.2, 0.25) is 0 Å². The molecule has 1 aliphatic rings. The third kappa shape index (κ3) is 6.07. The molecule has 7 heteroatoms. The Hall–Kier alpha value is -3.65. The number of amides is 1. The van der Waals surface area contributed by atoms with Crippen molar-refractivity contribution in [1.82, 2.24) is 5.32 Å². The average molecular weight is 557 g/mol. The lowest BCUT2D eigenvalue weighted by atomic mass is 9.84. The van der Waals surface area contributed by atoms with Crippen molar-refractivity contribution in [1.29, 1.82) is 5.26 Å². The lowest BCUT2D eigenvalue weighted by Gasteiger charge is -2.40. The van der Waals surface area contributed by atoms with Crippen molar-refractivity contribution in [2.45, 2.75) is 45.6 Å². The summed E-state index contributed by atoms with van der Waals surface area (Å²) in [5, 5.41) is 16.5. The van der Waals surface area contributed by atoms with E-state index < -0.39 is 19.0 Å². The third-order valence-corrected chi connectivity index (χ3v) is 11.8. The Morgan fingerprint density at radius 3 is 1.80 bits per heavy atom. The molecule has 0 saturated carbocycles. The molecule has 0 aliphatic carbocycles. The van der Waals surface area contributed by atoms with Gasteiger partial charge in [0.15, 0.2) is 5.78 Å². The van der Waals surface area contributed by atoms with Crippen molar-refractivity contribution in [2.75, 3.05) is 19.8 Å². The molecule has 0 aromatic heterocycles. The topological polar surface area (TPSA) is 88.4 Å². The van der Waals surface area contributed by atoms with Gasteiger partial charge in [0.2, 0.25) is 0 Å². The highest BCUT2D eigenvalue weighted by Crippen LogP contribution is 2.46. The van der Waals surface area contributed by atoms with Crippen LogP contribution in [0.5, 0.6) is 0 Å². The smallest absolute Gasteiger partial charge is 0.407 e. The molecular weight excluding hydrogens is 519 g/mol. The summed E-state index contributed by atoms with van der Waals surface area (Å²) in [6.07, 6.45) is 2.17. The number of rotatable bonds is 12. The van der Waals surface area contributed by atoms with E-state index >= 15 is 0 Å². The summed E-state index contributed by atoms with van der Waals surface area (Å²) in [6, 6.07) is 30.8. The molecule has 1 amide bonds. The Labute approximate surface area is 237 Å². The fourth-order valence-corrected chi connectivity index (χ4v) is 9.27. The lowest BCUT2D eigenvalue weighted by Crippen LogP contribution is -2.49. The van der Waals surface area contributed by atoms with Crippen LogP contribution in [0.25, 0.3) is 0 Å². The van der Waals surface area contributed by atoms with E-state index in [1.165, 1.54) is 0 Å². The van der Waals surface area contributed by atoms with Crippen LogP contribution in [0.4, 0.5) is 4.79 Å². The summed E-state index contributed by atoms with van der Waals surface area (Å²) >= 11 is 0. The minimum atomic E-state index is -2.89. The zero-order valence-electron chi connectivity index (χ0n) is 23.2. The zero-order chi connectivity index (χ0) is 28.4. The highest BCUT2D eigenvalue weighted by Gasteiger charge is 2.39. The van der Waals surface area contributed by atoms with Gasteiger partial charge in [-0.1, -0.05) is 118 Å².